The van der Waals surface area contributed by atoms with E-state index in [0.29, 0.717) is 6.42 Å². The number of rotatable bonds is 4. The molecule has 0 saturated heterocycles. The molecule has 1 N–H and O–H groups in total. The molecule has 0 radical (unpaired) electrons. The summed E-state index contributed by atoms with van der Waals surface area (Å²) in [6.07, 6.45) is 0.599. The molecule has 1 atom stereocenters. The second kappa shape index (κ2) is 5.01. The maximum atomic E-state index is 11.1. The lowest BCUT2D eigenvalue weighted by Gasteiger charge is -2.16. The summed E-state index contributed by atoms with van der Waals surface area (Å²) in [6, 6.07) is 3.81. The van der Waals surface area contributed by atoms with Crippen molar-refractivity contribution in [3.05, 3.63) is 28.8 Å². The van der Waals surface area contributed by atoms with Crippen molar-refractivity contribution in [2.75, 3.05) is 7.11 Å². The minimum Gasteiger partial charge on any atom is -0.496 e. The number of ether oxygens (including phenoxy) is 1. The van der Waals surface area contributed by atoms with Crippen molar-refractivity contribution in [2.24, 2.45) is 0 Å². The van der Waals surface area contributed by atoms with Gasteiger partial charge in [-0.05, 0) is 43.0 Å². The van der Waals surface area contributed by atoms with E-state index in [2.05, 4.69) is 0 Å². The van der Waals surface area contributed by atoms with Crippen molar-refractivity contribution in [3.63, 3.8) is 0 Å². The smallest absolute Gasteiger partial charge is 0.310 e. The molecule has 0 saturated carbocycles. The maximum absolute atomic E-state index is 11.1. The second-order valence-electron chi connectivity index (χ2n) is 3.98. The molecule has 0 bridgehead atoms. The molecule has 0 aliphatic heterocycles. The first-order valence-electron chi connectivity index (χ1n) is 5.39. The van der Waals surface area contributed by atoms with Gasteiger partial charge in [0, 0.05) is 0 Å². The Morgan fingerprint density at radius 3 is 2.44 bits per heavy atom. The lowest BCUT2D eigenvalue weighted by Crippen LogP contribution is -2.12. The third kappa shape index (κ3) is 2.35. The van der Waals surface area contributed by atoms with E-state index in [0.717, 1.165) is 22.4 Å². The predicted molar refractivity (Wildman–Crippen MR) is 63.1 cm³/mol. The summed E-state index contributed by atoms with van der Waals surface area (Å²) in [6.45, 7) is 5.73. The number of aryl methyl sites for hydroxylation is 2. The number of carbonyl (C=O) groups is 1. The number of benzene rings is 1. The highest BCUT2D eigenvalue weighted by atomic mass is 16.5. The summed E-state index contributed by atoms with van der Waals surface area (Å²) < 4.78 is 5.21. The first-order chi connectivity index (χ1) is 7.51. The fourth-order valence-corrected chi connectivity index (χ4v) is 1.93. The van der Waals surface area contributed by atoms with Gasteiger partial charge in [0.05, 0.1) is 13.0 Å². The zero-order valence-corrected chi connectivity index (χ0v) is 10.2. The number of hydrogen-bond donors (Lipinski definition) is 1. The van der Waals surface area contributed by atoms with Crippen LogP contribution in [0, 0.1) is 13.8 Å². The van der Waals surface area contributed by atoms with Crippen LogP contribution in [0.4, 0.5) is 0 Å². The highest BCUT2D eigenvalue weighted by Crippen LogP contribution is 2.29. The number of aliphatic carboxylic acids is 1. The Morgan fingerprint density at radius 2 is 2.00 bits per heavy atom. The van der Waals surface area contributed by atoms with Crippen LogP contribution in [-0.4, -0.2) is 18.2 Å². The van der Waals surface area contributed by atoms with Crippen LogP contribution >= 0.6 is 0 Å². The third-order valence-electron chi connectivity index (χ3n) is 2.87. The van der Waals surface area contributed by atoms with Crippen molar-refractivity contribution in [1.82, 2.24) is 0 Å². The number of methoxy groups -OCH3 is 1. The summed E-state index contributed by atoms with van der Waals surface area (Å²) in [5, 5.41) is 9.14. The van der Waals surface area contributed by atoms with E-state index in [-0.39, 0.29) is 0 Å². The Labute approximate surface area is 96.1 Å². The Balaban J connectivity index is 3.24. The highest BCUT2D eigenvalue weighted by molar-refractivity contribution is 5.76. The van der Waals surface area contributed by atoms with Gasteiger partial charge in [-0.2, -0.15) is 0 Å². The van der Waals surface area contributed by atoms with Gasteiger partial charge in [-0.15, -0.1) is 0 Å². The highest BCUT2D eigenvalue weighted by Gasteiger charge is 2.20. The normalized spacial score (nSPS) is 12.2. The van der Waals surface area contributed by atoms with E-state index >= 15 is 0 Å². The molecule has 88 valence electrons. The van der Waals surface area contributed by atoms with E-state index in [4.69, 9.17) is 9.84 Å². The minimum atomic E-state index is -0.768. The van der Waals surface area contributed by atoms with Gasteiger partial charge < -0.3 is 9.84 Å². The minimum absolute atomic E-state index is 0.426. The van der Waals surface area contributed by atoms with Crippen molar-refractivity contribution >= 4 is 5.97 Å². The van der Waals surface area contributed by atoms with Crippen LogP contribution in [-0.2, 0) is 4.79 Å². The first kappa shape index (κ1) is 12.6. The molecule has 1 aromatic carbocycles. The summed E-state index contributed by atoms with van der Waals surface area (Å²) in [7, 11) is 1.62. The monoisotopic (exact) mass is 222 g/mol. The van der Waals surface area contributed by atoms with Gasteiger partial charge in [-0.1, -0.05) is 13.0 Å². The number of hydrogen-bond acceptors (Lipinski definition) is 2. The third-order valence-corrected chi connectivity index (χ3v) is 2.87. The lowest BCUT2D eigenvalue weighted by atomic mass is 9.91. The van der Waals surface area contributed by atoms with Crippen molar-refractivity contribution in [2.45, 2.75) is 33.1 Å². The van der Waals surface area contributed by atoms with Crippen LogP contribution in [0.2, 0.25) is 0 Å². The summed E-state index contributed by atoms with van der Waals surface area (Å²) >= 11 is 0. The molecule has 1 rings (SSSR count). The predicted octanol–water partition coefficient (Wildman–Crippen LogP) is 2.89. The van der Waals surface area contributed by atoms with E-state index < -0.39 is 11.9 Å². The molecule has 0 aliphatic rings. The van der Waals surface area contributed by atoms with Gasteiger partial charge in [-0.3, -0.25) is 4.79 Å². The molecule has 16 heavy (non-hydrogen) atoms. The molecule has 1 aromatic rings. The van der Waals surface area contributed by atoms with Crippen LogP contribution in [0.1, 0.15) is 36.0 Å². The van der Waals surface area contributed by atoms with Crippen LogP contribution < -0.4 is 4.74 Å². The molecule has 0 spiro atoms. The molecule has 3 nitrogen and oxygen atoms in total. The SMILES string of the molecule is CCC(C(=O)O)c1cc(C)c(OC)cc1C. The topological polar surface area (TPSA) is 46.5 Å². The number of carboxylic acid groups (broad SMARTS) is 1. The van der Waals surface area contributed by atoms with Crippen molar-refractivity contribution in [3.8, 4) is 5.75 Å². The Kier molecular flexibility index (Phi) is 3.93. The van der Waals surface area contributed by atoms with Gasteiger partial charge in [0.25, 0.3) is 0 Å². The fraction of sp³-hybridized carbons (Fsp3) is 0.462. The average Bonchev–Trinajstić information content (AvgIpc) is 2.23. The Bertz CT molecular complexity index is 396. The second-order valence-corrected chi connectivity index (χ2v) is 3.98. The molecule has 0 fully saturated rings. The molecule has 3 heteroatoms. The first-order valence-corrected chi connectivity index (χ1v) is 5.39. The van der Waals surface area contributed by atoms with Crippen molar-refractivity contribution < 1.29 is 14.6 Å². The molecule has 0 amide bonds. The molecular weight excluding hydrogens is 204 g/mol. The maximum Gasteiger partial charge on any atom is 0.310 e. The molecule has 1 unspecified atom stereocenters. The van der Waals surface area contributed by atoms with E-state index in [9.17, 15) is 4.79 Å². The van der Waals surface area contributed by atoms with Crippen LogP contribution in [0.25, 0.3) is 0 Å². The van der Waals surface area contributed by atoms with E-state index in [1.54, 1.807) is 7.11 Å². The van der Waals surface area contributed by atoms with Crippen LogP contribution in [0.3, 0.4) is 0 Å². The fourth-order valence-electron chi connectivity index (χ4n) is 1.93. The molecule has 0 aromatic heterocycles. The zero-order chi connectivity index (χ0) is 12.3. The van der Waals surface area contributed by atoms with E-state index in [1.807, 2.05) is 32.9 Å². The van der Waals surface area contributed by atoms with Gasteiger partial charge >= 0.3 is 5.97 Å². The summed E-state index contributed by atoms with van der Waals surface area (Å²) in [5.74, 6) is -0.388. The molecular formula is C13H18O3. The van der Waals surface area contributed by atoms with Gasteiger partial charge in [0.15, 0.2) is 0 Å². The van der Waals surface area contributed by atoms with E-state index in [1.165, 1.54) is 0 Å². The Morgan fingerprint density at radius 1 is 1.38 bits per heavy atom. The Hall–Kier alpha value is -1.51. The molecule has 0 aliphatic carbocycles. The lowest BCUT2D eigenvalue weighted by molar-refractivity contribution is -0.138. The summed E-state index contributed by atoms with van der Waals surface area (Å²) in [5.41, 5.74) is 2.83. The summed E-state index contributed by atoms with van der Waals surface area (Å²) in [4.78, 5) is 11.1. The van der Waals surface area contributed by atoms with Gasteiger partial charge in [-0.25, -0.2) is 0 Å². The van der Waals surface area contributed by atoms with Crippen LogP contribution in [0.15, 0.2) is 12.1 Å². The van der Waals surface area contributed by atoms with Crippen molar-refractivity contribution in [1.29, 1.82) is 0 Å². The number of carboxylic acids is 1. The van der Waals surface area contributed by atoms with Gasteiger partial charge in [0.2, 0.25) is 0 Å². The van der Waals surface area contributed by atoms with Crippen LogP contribution in [0.5, 0.6) is 5.75 Å². The van der Waals surface area contributed by atoms with Gasteiger partial charge in [0.1, 0.15) is 5.75 Å². The zero-order valence-electron chi connectivity index (χ0n) is 10.2. The largest absolute Gasteiger partial charge is 0.496 e. The average molecular weight is 222 g/mol. The quantitative estimate of drug-likeness (QED) is 0.852. The standard InChI is InChI=1S/C13H18O3/c1-5-10(13(14)15)11-6-9(3)12(16-4)7-8(11)2/h6-7,10H,5H2,1-4H3,(H,14,15). The molecule has 0 heterocycles.